The fraction of sp³-hybridized carbons (Fsp3) is 0.381. The zero-order valence-electron chi connectivity index (χ0n) is 30.7. The lowest BCUT2D eigenvalue weighted by Gasteiger charge is -2.40. The minimum absolute atomic E-state index is 0.128. The van der Waals surface area contributed by atoms with Gasteiger partial charge in [-0.2, -0.15) is 0 Å². The van der Waals surface area contributed by atoms with Gasteiger partial charge in [-0.05, 0) is 97.1 Å². The number of likely N-dealkylation sites (tertiary alicyclic amines) is 1. The van der Waals surface area contributed by atoms with Crippen molar-refractivity contribution in [2.75, 3.05) is 53.0 Å². The van der Waals surface area contributed by atoms with Crippen LogP contribution in [0.1, 0.15) is 43.5 Å². The van der Waals surface area contributed by atoms with Gasteiger partial charge in [-0.1, -0.05) is 25.2 Å². The molecule has 9 heteroatoms. The van der Waals surface area contributed by atoms with Gasteiger partial charge >= 0.3 is 0 Å². The zero-order valence-corrected chi connectivity index (χ0v) is 30.7. The summed E-state index contributed by atoms with van der Waals surface area (Å²) < 4.78 is 28.1. The van der Waals surface area contributed by atoms with Gasteiger partial charge < -0.3 is 28.6 Å². The molecule has 0 amide bonds. The zero-order chi connectivity index (χ0) is 35.7. The molecule has 0 bridgehead atoms. The maximum atomic E-state index is 5.86. The number of hydrogen-bond donors (Lipinski definition) is 0. The molecular formula is C42H50N4O5. The van der Waals surface area contributed by atoms with Crippen molar-refractivity contribution >= 4 is 11.3 Å². The first-order chi connectivity index (χ1) is 24.9. The number of aromatic nitrogens is 2. The molecule has 2 aromatic heterocycles. The van der Waals surface area contributed by atoms with Crippen LogP contribution in [0.15, 0.2) is 91.3 Å². The SMILES string of the molecule is CCOC1C=CC(c2cc(CN3CCC(N(Cc4ccnc(-c5cc(OC)c(OC)c(OC)c5)c4)c4ccc(OC)cc4)CC3)ccn2)=CC1C. The number of allylic oxidation sites excluding steroid dienone is 2. The molecule has 51 heavy (non-hydrogen) atoms. The maximum Gasteiger partial charge on any atom is 0.203 e. The highest BCUT2D eigenvalue weighted by atomic mass is 16.5. The summed E-state index contributed by atoms with van der Waals surface area (Å²) in [4.78, 5) is 14.5. The summed E-state index contributed by atoms with van der Waals surface area (Å²) in [5, 5.41) is 0. The van der Waals surface area contributed by atoms with E-state index in [-0.39, 0.29) is 6.10 Å². The Kier molecular flexibility index (Phi) is 11.9. The lowest BCUT2D eigenvalue weighted by molar-refractivity contribution is 0.0720. The van der Waals surface area contributed by atoms with E-state index in [1.807, 2.05) is 43.6 Å². The number of ether oxygens (including phenoxy) is 5. The number of benzene rings is 2. The molecule has 1 aliphatic heterocycles. The summed E-state index contributed by atoms with van der Waals surface area (Å²) in [7, 11) is 6.57. The lowest BCUT2D eigenvalue weighted by Crippen LogP contribution is -2.44. The molecule has 2 atom stereocenters. The van der Waals surface area contributed by atoms with Gasteiger partial charge in [0.25, 0.3) is 0 Å². The average Bonchev–Trinajstić information content (AvgIpc) is 3.18. The third-order valence-corrected chi connectivity index (χ3v) is 9.85. The predicted molar refractivity (Wildman–Crippen MR) is 203 cm³/mol. The third-order valence-electron chi connectivity index (χ3n) is 9.85. The second kappa shape index (κ2) is 16.9. The van der Waals surface area contributed by atoms with Crippen LogP contribution < -0.4 is 23.8 Å². The number of rotatable bonds is 14. The molecule has 1 saturated heterocycles. The van der Waals surface area contributed by atoms with Gasteiger partial charge in [-0.15, -0.1) is 0 Å². The highest BCUT2D eigenvalue weighted by Gasteiger charge is 2.26. The minimum Gasteiger partial charge on any atom is -0.497 e. The highest BCUT2D eigenvalue weighted by molar-refractivity contribution is 5.73. The van der Waals surface area contributed by atoms with Crippen LogP contribution in [0.4, 0.5) is 5.69 Å². The van der Waals surface area contributed by atoms with Gasteiger partial charge in [0.05, 0.1) is 45.9 Å². The van der Waals surface area contributed by atoms with Crippen molar-refractivity contribution in [3.05, 3.63) is 108 Å². The van der Waals surface area contributed by atoms with Crippen LogP contribution >= 0.6 is 0 Å². The van der Waals surface area contributed by atoms with Crippen LogP contribution in [0.3, 0.4) is 0 Å². The average molecular weight is 691 g/mol. The summed E-state index contributed by atoms with van der Waals surface area (Å²) in [6.07, 6.45) is 12.7. The molecule has 268 valence electrons. The molecular weight excluding hydrogens is 640 g/mol. The number of pyridine rings is 2. The molecule has 2 aliphatic rings. The monoisotopic (exact) mass is 690 g/mol. The molecule has 3 heterocycles. The molecule has 0 radical (unpaired) electrons. The Morgan fingerprint density at radius 3 is 2.08 bits per heavy atom. The van der Waals surface area contributed by atoms with Gasteiger partial charge in [-0.25, -0.2) is 0 Å². The van der Waals surface area contributed by atoms with E-state index >= 15 is 0 Å². The molecule has 4 aromatic rings. The molecule has 0 saturated carbocycles. The number of methoxy groups -OCH3 is 4. The van der Waals surface area contributed by atoms with Gasteiger partial charge in [0.15, 0.2) is 11.5 Å². The standard InChI is InChI=1S/C42H50N4O5/c1-7-51-39-13-8-32(22-29(39)2)37-23-30(14-18-43-37)27-45-20-16-35(17-21-45)46(34-9-11-36(47-3)12-10-34)28-31-15-19-44-38(24-31)33-25-40(48-4)42(50-6)41(26-33)49-5/h8-15,18-19,22-26,29,35,39H,7,16-17,20-21,27-28H2,1-6H3. The largest absolute Gasteiger partial charge is 0.497 e. The minimum atomic E-state index is 0.128. The molecule has 0 spiro atoms. The van der Waals surface area contributed by atoms with Crippen LogP contribution in [0.5, 0.6) is 23.0 Å². The molecule has 0 N–H and O–H groups in total. The van der Waals surface area contributed by atoms with E-state index in [0.29, 0.717) is 35.8 Å². The summed E-state index contributed by atoms with van der Waals surface area (Å²) in [6.45, 7) is 8.64. The Balaban J connectivity index is 1.17. The summed E-state index contributed by atoms with van der Waals surface area (Å²) in [5.41, 5.74) is 7.56. The van der Waals surface area contributed by atoms with Crippen molar-refractivity contribution in [1.29, 1.82) is 0 Å². The van der Waals surface area contributed by atoms with Crippen LogP contribution in [0.2, 0.25) is 0 Å². The van der Waals surface area contributed by atoms with Crippen molar-refractivity contribution in [3.8, 4) is 34.3 Å². The molecule has 9 nitrogen and oxygen atoms in total. The van der Waals surface area contributed by atoms with Crippen molar-refractivity contribution in [3.63, 3.8) is 0 Å². The molecule has 1 aliphatic carbocycles. The summed E-state index contributed by atoms with van der Waals surface area (Å²) in [6, 6.07) is 21.3. The summed E-state index contributed by atoms with van der Waals surface area (Å²) >= 11 is 0. The molecule has 2 aromatic carbocycles. The first-order valence-corrected chi connectivity index (χ1v) is 17.8. The first-order valence-electron chi connectivity index (χ1n) is 17.8. The Hall–Kier alpha value is -4.86. The van der Waals surface area contributed by atoms with E-state index in [0.717, 1.165) is 61.7 Å². The fourth-order valence-corrected chi connectivity index (χ4v) is 7.12. The fourth-order valence-electron chi connectivity index (χ4n) is 7.12. The van der Waals surface area contributed by atoms with E-state index in [1.54, 1.807) is 28.4 Å². The Morgan fingerprint density at radius 1 is 0.784 bits per heavy atom. The van der Waals surface area contributed by atoms with E-state index < -0.39 is 0 Å². The smallest absolute Gasteiger partial charge is 0.203 e. The number of nitrogens with zero attached hydrogens (tertiary/aromatic N) is 4. The van der Waals surface area contributed by atoms with E-state index in [1.165, 1.54) is 22.4 Å². The number of hydrogen-bond acceptors (Lipinski definition) is 9. The Labute approximate surface area is 302 Å². The van der Waals surface area contributed by atoms with Gasteiger partial charge in [-0.3, -0.25) is 14.9 Å². The Morgan fingerprint density at radius 2 is 1.45 bits per heavy atom. The van der Waals surface area contributed by atoms with Crippen LogP contribution in [-0.4, -0.2) is 75.1 Å². The molecule has 6 rings (SSSR count). The third kappa shape index (κ3) is 8.55. The number of anilines is 1. The van der Waals surface area contributed by atoms with Crippen molar-refractivity contribution in [1.82, 2.24) is 14.9 Å². The topological polar surface area (TPSA) is 78.4 Å². The first kappa shape index (κ1) is 35.9. The number of piperidine rings is 1. The van der Waals surface area contributed by atoms with Crippen molar-refractivity contribution in [2.24, 2.45) is 5.92 Å². The summed E-state index contributed by atoms with van der Waals surface area (Å²) in [5.74, 6) is 2.92. The highest BCUT2D eigenvalue weighted by Crippen LogP contribution is 2.41. The van der Waals surface area contributed by atoms with E-state index in [9.17, 15) is 0 Å². The van der Waals surface area contributed by atoms with Gasteiger partial charge in [0.1, 0.15) is 5.75 Å². The lowest BCUT2D eigenvalue weighted by atomic mass is 9.93. The van der Waals surface area contributed by atoms with Crippen molar-refractivity contribution in [2.45, 2.75) is 51.9 Å². The van der Waals surface area contributed by atoms with Gasteiger partial charge in [0, 0.05) is 68.4 Å². The van der Waals surface area contributed by atoms with E-state index in [2.05, 4.69) is 71.3 Å². The molecule has 1 fully saturated rings. The second-order valence-electron chi connectivity index (χ2n) is 13.1. The quantitative estimate of drug-likeness (QED) is 0.132. The van der Waals surface area contributed by atoms with Crippen molar-refractivity contribution < 1.29 is 23.7 Å². The molecule has 2 unspecified atom stereocenters. The second-order valence-corrected chi connectivity index (χ2v) is 13.1. The van der Waals surface area contributed by atoms with E-state index in [4.69, 9.17) is 33.7 Å². The van der Waals surface area contributed by atoms with Crippen LogP contribution in [-0.2, 0) is 17.8 Å². The normalized spacial score (nSPS) is 17.9. The van der Waals surface area contributed by atoms with Crippen LogP contribution in [0, 0.1) is 5.92 Å². The van der Waals surface area contributed by atoms with Crippen LogP contribution in [0.25, 0.3) is 16.8 Å². The van der Waals surface area contributed by atoms with Gasteiger partial charge in [0.2, 0.25) is 5.75 Å². The maximum absolute atomic E-state index is 5.86. The predicted octanol–water partition coefficient (Wildman–Crippen LogP) is 7.84. The Bertz CT molecular complexity index is 1790.